The molecule has 1 saturated heterocycles. The second kappa shape index (κ2) is 6.12. The number of hydrogen-bond donors (Lipinski definition) is 1. The minimum Gasteiger partial charge on any atom is -0.392 e. The summed E-state index contributed by atoms with van der Waals surface area (Å²) in [6.45, 7) is 3.34. The average Bonchev–Trinajstić information content (AvgIpc) is 3.32. The molecule has 0 aromatic heterocycles. The summed E-state index contributed by atoms with van der Waals surface area (Å²) in [6, 6.07) is 6.11. The smallest absolute Gasteiger partial charge is 0.256 e. The van der Waals surface area contributed by atoms with Crippen LogP contribution in [-0.2, 0) is 0 Å². The number of β-amino-alcohol motifs (C(OH)–C–C–N with tert-alkyl or cyclic N) is 1. The molecular formula is C16H21FN2O2. The Labute approximate surface area is 124 Å². The zero-order chi connectivity index (χ0) is 14.8. The second-order valence-electron chi connectivity index (χ2n) is 5.98. The molecule has 2 aliphatic rings. The number of carbonyl (C=O) groups excluding carboxylic acids is 1. The summed E-state index contributed by atoms with van der Waals surface area (Å²) in [7, 11) is 0. The highest BCUT2D eigenvalue weighted by Crippen LogP contribution is 2.32. The number of piperazine rings is 1. The van der Waals surface area contributed by atoms with Gasteiger partial charge in [0.05, 0.1) is 11.7 Å². The average molecular weight is 292 g/mol. The number of aliphatic hydroxyl groups is 1. The van der Waals surface area contributed by atoms with E-state index in [1.165, 1.54) is 12.1 Å². The van der Waals surface area contributed by atoms with Crippen LogP contribution in [0, 0.1) is 11.7 Å². The molecule has 1 aliphatic carbocycles. The molecular weight excluding hydrogens is 271 g/mol. The van der Waals surface area contributed by atoms with Gasteiger partial charge < -0.3 is 10.0 Å². The van der Waals surface area contributed by atoms with Crippen molar-refractivity contribution in [3.05, 3.63) is 35.6 Å². The van der Waals surface area contributed by atoms with E-state index in [0.29, 0.717) is 25.6 Å². The lowest BCUT2D eigenvalue weighted by atomic mass is 10.1. The van der Waals surface area contributed by atoms with Gasteiger partial charge in [0.2, 0.25) is 0 Å². The van der Waals surface area contributed by atoms with Gasteiger partial charge in [0, 0.05) is 32.7 Å². The largest absolute Gasteiger partial charge is 0.392 e. The maximum Gasteiger partial charge on any atom is 0.256 e. The number of benzene rings is 1. The predicted molar refractivity (Wildman–Crippen MR) is 77.5 cm³/mol. The number of amides is 1. The highest BCUT2D eigenvalue weighted by Gasteiger charge is 2.32. The fraction of sp³-hybridized carbons (Fsp3) is 0.562. The zero-order valence-corrected chi connectivity index (χ0v) is 12.0. The summed E-state index contributed by atoms with van der Waals surface area (Å²) in [6.07, 6.45) is 2.03. The van der Waals surface area contributed by atoms with Crippen molar-refractivity contribution in [3.8, 4) is 0 Å². The molecule has 114 valence electrons. The SMILES string of the molecule is O=C(c1ccccc1F)N1CCN(C[C@H](O)C2CC2)CC1. The van der Waals surface area contributed by atoms with Crippen LogP contribution < -0.4 is 0 Å². The van der Waals surface area contributed by atoms with Gasteiger partial charge in [-0.15, -0.1) is 0 Å². The van der Waals surface area contributed by atoms with Crippen LogP contribution >= 0.6 is 0 Å². The Hall–Kier alpha value is -1.46. The normalized spacial score (nSPS) is 21.3. The first-order valence-electron chi connectivity index (χ1n) is 7.59. The molecule has 0 spiro atoms. The quantitative estimate of drug-likeness (QED) is 0.911. The summed E-state index contributed by atoms with van der Waals surface area (Å²) < 4.78 is 13.6. The van der Waals surface area contributed by atoms with Gasteiger partial charge in [-0.25, -0.2) is 4.39 Å². The van der Waals surface area contributed by atoms with Crippen molar-refractivity contribution in [3.63, 3.8) is 0 Å². The fourth-order valence-electron chi connectivity index (χ4n) is 2.83. The zero-order valence-electron chi connectivity index (χ0n) is 12.0. The summed E-state index contributed by atoms with van der Waals surface area (Å²) in [4.78, 5) is 16.2. The van der Waals surface area contributed by atoms with E-state index in [2.05, 4.69) is 4.90 Å². The first-order chi connectivity index (χ1) is 10.1. The van der Waals surface area contributed by atoms with Gasteiger partial charge >= 0.3 is 0 Å². The van der Waals surface area contributed by atoms with E-state index in [0.717, 1.165) is 25.9 Å². The van der Waals surface area contributed by atoms with Gasteiger partial charge in [-0.3, -0.25) is 9.69 Å². The monoisotopic (exact) mass is 292 g/mol. The first kappa shape index (κ1) is 14.5. The van der Waals surface area contributed by atoms with Crippen LogP contribution in [0.5, 0.6) is 0 Å². The van der Waals surface area contributed by atoms with Crippen molar-refractivity contribution in [2.75, 3.05) is 32.7 Å². The molecule has 1 heterocycles. The standard InChI is InChI=1S/C16H21FN2O2/c17-14-4-2-1-3-13(14)16(21)19-9-7-18(8-10-19)11-15(20)12-5-6-12/h1-4,12,15,20H,5-11H2/t15-/m0/s1. The van der Waals surface area contributed by atoms with E-state index in [1.807, 2.05) is 0 Å². The lowest BCUT2D eigenvalue weighted by Gasteiger charge is -2.35. The third kappa shape index (κ3) is 3.41. The molecule has 0 unspecified atom stereocenters. The summed E-state index contributed by atoms with van der Waals surface area (Å²) in [5.41, 5.74) is 0.143. The van der Waals surface area contributed by atoms with Gasteiger partial charge in [-0.05, 0) is 30.9 Å². The molecule has 21 heavy (non-hydrogen) atoms. The van der Waals surface area contributed by atoms with Gasteiger partial charge in [0.15, 0.2) is 0 Å². The van der Waals surface area contributed by atoms with Crippen LogP contribution in [0.15, 0.2) is 24.3 Å². The van der Waals surface area contributed by atoms with Crippen molar-refractivity contribution >= 4 is 5.91 Å². The van der Waals surface area contributed by atoms with Crippen LogP contribution in [0.2, 0.25) is 0 Å². The fourth-order valence-corrected chi connectivity index (χ4v) is 2.83. The van der Waals surface area contributed by atoms with Crippen molar-refractivity contribution in [1.29, 1.82) is 0 Å². The van der Waals surface area contributed by atoms with Crippen LogP contribution in [-0.4, -0.2) is 59.6 Å². The first-order valence-corrected chi connectivity index (χ1v) is 7.59. The summed E-state index contributed by atoms with van der Waals surface area (Å²) in [5, 5.41) is 9.96. The molecule has 1 aliphatic heterocycles. The minimum atomic E-state index is -0.464. The Morgan fingerprint density at radius 2 is 1.90 bits per heavy atom. The Kier molecular flexibility index (Phi) is 4.22. The van der Waals surface area contributed by atoms with Gasteiger partial charge in [0.1, 0.15) is 5.82 Å². The highest BCUT2D eigenvalue weighted by molar-refractivity contribution is 5.94. The van der Waals surface area contributed by atoms with Crippen LogP contribution in [0.25, 0.3) is 0 Å². The van der Waals surface area contributed by atoms with Gasteiger partial charge in [-0.1, -0.05) is 12.1 Å². The molecule has 1 aromatic carbocycles. The van der Waals surface area contributed by atoms with Crippen molar-refractivity contribution < 1.29 is 14.3 Å². The molecule has 0 radical (unpaired) electrons. The van der Waals surface area contributed by atoms with E-state index < -0.39 is 5.82 Å². The molecule has 0 bridgehead atoms. The molecule has 3 rings (SSSR count). The van der Waals surface area contributed by atoms with E-state index in [9.17, 15) is 14.3 Å². The lowest BCUT2D eigenvalue weighted by molar-refractivity contribution is 0.0485. The number of aliphatic hydroxyl groups excluding tert-OH is 1. The number of halogens is 1. The van der Waals surface area contributed by atoms with Crippen LogP contribution in [0.3, 0.4) is 0 Å². The topological polar surface area (TPSA) is 43.8 Å². The third-order valence-electron chi connectivity index (χ3n) is 4.38. The Balaban J connectivity index is 1.53. The van der Waals surface area contributed by atoms with Crippen molar-refractivity contribution in [2.24, 2.45) is 5.92 Å². The molecule has 1 saturated carbocycles. The molecule has 1 amide bonds. The highest BCUT2D eigenvalue weighted by atomic mass is 19.1. The number of carbonyl (C=O) groups is 1. The molecule has 1 atom stereocenters. The van der Waals surface area contributed by atoms with Crippen molar-refractivity contribution in [1.82, 2.24) is 9.80 Å². The van der Waals surface area contributed by atoms with E-state index in [4.69, 9.17) is 0 Å². The van der Waals surface area contributed by atoms with E-state index in [1.54, 1.807) is 17.0 Å². The number of nitrogens with zero attached hydrogens (tertiary/aromatic N) is 2. The summed E-state index contributed by atoms with van der Waals surface area (Å²) >= 11 is 0. The molecule has 1 N–H and O–H groups in total. The van der Waals surface area contributed by atoms with Gasteiger partial charge in [-0.2, -0.15) is 0 Å². The Bertz CT molecular complexity index is 511. The number of rotatable bonds is 4. The van der Waals surface area contributed by atoms with E-state index >= 15 is 0 Å². The third-order valence-corrected chi connectivity index (χ3v) is 4.38. The maximum atomic E-state index is 13.6. The van der Waals surface area contributed by atoms with E-state index in [-0.39, 0.29) is 17.6 Å². The summed E-state index contributed by atoms with van der Waals surface area (Å²) in [5.74, 6) is -0.229. The number of hydrogen-bond acceptors (Lipinski definition) is 3. The van der Waals surface area contributed by atoms with Crippen molar-refractivity contribution in [2.45, 2.75) is 18.9 Å². The second-order valence-corrected chi connectivity index (χ2v) is 5.98. The lowest BCUT2D eigenvalue weighted by Crippen LogP contribution is -2.50. The maximum absolute atomic E-state index is 13.6. The molecule has 5 heteroatoms. The molecule has 4 nitrogen and oxygen atoms in total. The van der Waals surface area contributed by atoms with Crippen LogP contribution in [0.4, 0.5) is 4.39 Å². The Morgan fingerprint density at radius 3 is 2.52 bits per heavy atom. The van der Waals surface area contributed by atoms with Crippen LogP contribution in [0.1, 0.15) is 23.2 Å². The predicted octanol–water partition coefficient (Wildman–Crippen LogP) is 1.35. The molecule has 2 fully saturated rings. The minimum absolute atomic E-state index is 0.143. The molecule has 1 aromatic rings. The Morgan fingerprint density at radius 1 is 1.24 bits per heavy atom. The van der Waals surface area contributed by atoms with Gasteiger partial charge in [0.25, 0.3) is 5.91 Å².